The lowest BCUT2D eigenvalue weighted by molar-refractivity contribution is 0.0513. The van der Waals surface area contributed by atoms with Crippen LogP contribution in [0.3, 0.4) is 0 Å². The van der Waals surface area contributed by atoms with E-state index in [2.05, 4.69) is 25.3 Å². The second-order valence-electron chi connectivity index (χ2n) is 5.75. The van der Waals surface area contributed by atoms with Crippen molar-refractivity contribution in [3.8, 4) is 0 Å². The fourth-order valence-electron chi connectivity index (χ4n) is 2.68. The number of nitrogens with zero attached hydrogens (tertiary/aromatic N) is 1. The van der Waals surface area contributed by atoms with E-state index in [-0.39, 0.29) is 12.0 Å². The molecular formula is C17H21NO2S2. The van der Waals surface area contributed by atoms with Crippen LogP contribution in [0.1, 0.15) is 37.8 Å². The first-order valence-electron chi connectivity index (χ1n) is 7.64. The van der Waals surface area contributed by atoms with Crippen molar-refractivity contribution in [3.63, 3.8) is 0 Å². The van der Waals surface area contributed by atoms with Crippen molar-refractivity contribution in [2.45, 2.75) is 39.3 Å². The molecule has 0 spiro atoms. The smallest absolute Gasteiger partial charge is 0.264 e. The second kappa shape index (κ2) is 6.94. The standard InChI is InChI=1S/C17H21NO2S2/c1-12-9-16(22-13(12)2)17(19)18(10-14-5-3-7-20-14)11-15-6-4-8-21-15/h4,6,8-9,14H,3,5,7,10-11H2,1-2H3. The number of carbonyl (C=O) groups is 1. The topological polar surface area (TPSA) is 29.5 Å². The lowest BCUT2D eigenvalue weighted by Crippen LogP contribution is -2.36. The summed E-state index contributed by atoms with van der Waals surface area (Å²) in [4.78, 5) is 18.1. The monoisotopic (exact) mass is 335 g/mol. The molecule has 5 heteroatoms. The maximum Gasteiger partial charge on any atom is 0.264 e. The molecule has 1 saturated heterocycles. The molecule has 1 aliphatic rings. The zero-order valence-corrected chi connectivity index (χ0v) is 14.6. The van der Waals surface area contributed by atoms with Crippen LogP contribution in [0.25, 0.3) is 0 Å². The summed E-state index contributed by atoms with van der Waals surface area (Å²) >= 11 is 3.29. The molecule has 3 rings (SSSR count). The van der Waals surface area contributed by atoms with E-state index in [1.54, 1.807) is 22.7 Å². The highest BCUT2D eigenvalue weighted by Crippen LogP contribution is 2.24. The first-order valence-corrected chi connectivity index (χ1v) is 9.33. The minimum Gasteiger partial charge on any atom is -0.376 e. The van der Waals surface area contributed by atoms with Crippen molar-refractivity contribution in [3.05, 3.63) is 43.8 Å². The van der Waals surface area contributed by atoms with Gasteiger partial charge in [-0.3, -0.25) is 4.79 Å². The molecule has 1 amide bonds. The SMILES string of the molecule is Cc1cc(C(=O)N(Cc2cccs2)CC2CCCO2)sc1C. The minimum absolute atomic E-state index is 0.130. The van der Waals surface area contributed by atoms with Crippen LogP contribution < -0.4 is 0 Å². The Morgan fingerprint density at radius 2 is 2.32 bits per heavy atom. The molecule has 22 heavy (non-hydrogen) atoms. The average Bonchev–Trinajstić information content (AvgIpc) is 3.22. The summed E-state index contributed by atoms with van der Waals surface area (Å²) < 4.78 is 5.73. The molecule has 2 aromatic heterocycles. The van der Waals surface area contributed by atoms with Crippen molar-refractivity contribution in [2.24, 2.45) is 0 Å². The van der Waals surface area contributed by atoms with E-state index in [9.17, 15) is 4.79 Å². The molecule has 3 nitrogen and oxygen atoms in total. The number of carbonyl (C=O) groups excluding carboxylic acids is 1. The Kier molecular flexibility index (Phi) is 4.96. The van der Waals surface area contributed by atoms with Gasteiger partial charge < -0.3 is 9.64 Å². The Hall–Kier alpha value is -1.17. The molecule has 0 radical (unpaired) electrons. The zero-order valence-electron chi connectivity index (χ0n) is 13.0. The van der Waals surface area contributed by atoms with Crippen LogP contribution in [-0.2, 0) is 11.3 Å². The number of amides is 1. The lowest BCUT2D eigenvalue weighted by Gasteiger charge is -2.24. The van der Waals surface area contributed by atoms with E-state index in [1.165, 1.54) is 15.3 Å². The third-order valence-corrected chi connectivity index (χ3v) is 6.04. The van der Waals surface area contributed by atoms with Crippen LogP contribution in [0.4, 0.5) is 0 Å². The molecule has 0 aliphatic carbocycles. The first-order chi connectivity index (χ1) is 10.6. The van der Waals surface area contributed by atoms with Gasteiger partial charge in [0.25, 0.3) is 5.91 Å². The van der Waals surface area contributed by atoms with Crippen LogP contribution in [-0.4, -0.2) is 30.1 Å². The summed E-state index contributed by atoms with van der Waals surface area (Å²) in [5.41, 5.74) is 1.20. The lowest BCUT2D eigenvalue weighted by atomic mass is 10.2. The van der Waals surface area contributed by atoms with Gasteiger partial charge in [0, 0.05) is 22.9 Å². The van der Waals surface area contributed by atoms with Gasteiger partial charge in [-0.2, -0.15) is 0 Å². The largest absolute Gasteiger partial charge is 0.376 e. The Labute approximate surface area is 139 Å². The van der Waals surface area contributed by atoms with E-state index in [1.807, 2.05) is 17.0 Å². The van der Waals surface area contributed by atoms with Crippen LogP contribution in [0.2, 0.25) is 0 Å². The highest BCUT2D eigenvalue weighted by Gasteiger charge is 2.25. The Bertz CT molecular complexity index is 608. The molecule has 1 aliphatic heterocycles. The number of rotatable bonds is 5. The number of ether oxygens (including phenoxy) is 1. The molecule has 2 aromatic rings. The van der Waals surface area contributed by atoms with Gasteiger partial charge in [0.15, 0.2) is 0 Å². The van der Waals surface area contributed by atoms with Gasteiger partial charge in [-0.25, -0.2) is 0 Å². The molecule has 1 fully saturated rings. The van der Waals surface area contributed by atoms with Crippen molar-refractivity contribution < 1.29 is 9.53 Å². The summed E-state index contributed by atoms with van der Waals surface area (Å²) in [6.07, 6.45) is 2.34. The second-order valence-corrected chi connectivity index (χ2v) is 8.04. The van der Waals surface area contributed by atoms with E-state index in [4.69, 9.17) is 4.74 Å². The quantitative estimate of drug-likeness (QED) is 0.817. The van der Waals surface area contributed by atoms with E-state index in [0.717, 1.165) is 24.3 Å². The fourth-order valence-corrected chi connectivity index (χ4v) is 4.40. The van der Waals surface area contributed by atoms with Crippen molar-refractivity contribution in [1.29, 1.82) is 0 Å². The normalized spacial score (nSPS) is 17.8. The summed E-state index contributed by atoms with van der Waals surface area (Å²) in [6, 6.07) is 6.14. The van der Waals surface area contributed by atoms with Crippen molar-refractivity contribution in [1.82, 2.24) is 4.90 Å². The van der Waals surface area contributed by atoms with Gasteiger partial charge in [0.05, 0.1) is 17.5 Å². The molecule has 3 heterocycles. The molecule has 1 unspecified atom stereocenters. The van der Waals surface area contributed by atoms with Gasteiger partial charge in [-0.15, -0.1) is 22.7 Å². The summed E-state index contributed by atoms with van der Waals surface area (Å²) in [5, 5.41) is 2.06. The molecule has 0 aromatic carbocycles. The Balaban J connectivity index is 1.78. The molecule has 1 atom stereocenters. The van der Waals surface area contributed by atoms with Crippen molar-refractivity contribution >= 4 is 28.6 Å². The predicted molar refractivity (Wildman–Crippen MR) is 91.8 cm³/mol. The van der Waals surface area contributed by atoms with Crippen LogP contribution in [0.5, 0.6) is 0 Å². The van der Waals surface area contributed by atoms with Gasteiger partial charge >= 0.3 is 0 Å². The first kappa shape index (κ1) is 15.7. The maximum atomic E-state index is 12.9. The third kappa shape index (κ3) is 3.59. The predicted octanol–water partition coefficient (Wildman–Crippen LogP) is 4.25. The number of thiophene rings is 2. The molecular weight excluding hydrogens is 314 g/mol. The van der Waals surface area contributed by atoms with Gasteiger partial charge in [-0.1, -0.05) is 6.07 Å². The van der Waals surface area contributed by atoms with Crippen LogP contribution in [0, 0.1) is 13.8 Å². The average molecular weight is 335 g/mol. The maximum absolute atomic E-state index is 12.9. The van der Waals surface area contributed by atoms with E-state index in [0.29, 0.717) is 13.1 Å². The molecule has 0 N–H and O–H groups in total. The van der Waals surface area contributed by atoms with Gasteiger partial charge in [-0.05, 0) is 49.8 Å². The highest BCUT2D eigenvalue weighted by atomic mass is 32.1. The van der Waals surface area contributed by atoms with Gasteiger partial charge in [0.2, 0.25) is 0 Å². The highest BCUT2D eigenvalue weighted by molar-refractivity contribution is 7.14. The van der Waals surface area contributed by atoms with Crippen molar-refractivity contribution in [2.75, 3.05) is 13.2 Å². The third-order valence-electron chi connectivity index (χ3n) is 4.04. The van der Waals surface area contributed by atoms with Crippen LogP contribution >= 0.6 is 22.7 Å². The number of hydrogen-bond donors (Lipinski definition) is 0. The molecule has 0 saturated carbocycles. The summed E-state index contributed by atoms with van der Waals surface area (Å²) in [7, 11) is 0. The van der Waals surface area contributed by atoms with E-state index >= 15 is 0 Å². The molecule has 0 bridgehead atoms. The van der Waals surface area contributed by atoms with E-state index < -0.39 is 0 Å². The minimum atomic E-state index is 0.130. The summed E-state index contributed by atoms with van der Waals surface area (Å²) in [6.45, 7) is 6.31. The zero-order chi connectivity index (χ0) is 15.5. The Morgan fingerprint density at radius 3 is 2.91 bits per heavy atom. The fraction of sp³-hybridized carbons (Fsp3) is 0.471. The number of aryl methyl sites for hydroxylation is 2. The Morgan fingerprint density at radius 1 is 1.45 bits per heavy atom. The molecule has 118 valence electrons. The summed E-state index contributed by atoms with van der Waals surface area (Å²) in [5.74, 6) is 0.130. The van der Waals surface area contributed by atoms with Crippen LogP contribution in [0.15, 0.2) is 23.6 Å². The van der Waals surface area contributed by atoms with Gasteiger partial charge in [0.1, 0.15) is 0 Å². The number of hydrogen-bond acceptors (Lipinski definition) is 4.